The summed E-state index contributed by atoms with van der Waals surface area (Å²) in [7, 11) is 0. The van der Waals surface area contributed by atoms with Gasteiger partial charge in [0.2, 0.25) is 0 Å². The summed E-state index contributed by atoms with van der Waals surface area (Å²) in [6.45, 7) is 3.23. The Morgan fingerprint density at radius 1 is 1.16 bits per heavy atom. The molecule has 0 unspecified atom stereocenters. The van der Waals surface area contributed by atoms with Gasteiger partial charge in [0, 0.05) is 6.04 Å². The Hall–Kier alpha value is -1.59. The van der Waals surface area contributed by atoms with Gasteiger partial charge in [-0.2, -0.15) is 0 Å². The zero-order valence-corrected chi connectivity index (χ0v) is 11.0. The first-order chi connectivity index (χ1) is 9.31. The largest absolute Gasteiger partial charge is 0.323 e. The van der Waals surface area contributed by atoms with Crippen molar-refractivity contribution in [1.29, 1.82) is 0 Å². The van der Waals surface area contributed by atoms with Gasteiger partial charge in [-0.25, -0.2) is 4.79 Å². The molecular weight excluding hydrogens is 240 g/mol. The second kappa shape index (κ2) is 5.59. The maximum absolute atomic E-state index is 11.2. The molecule has 0 bridgehead atoms. The highest BCUT2D eigenvalue weighted by atomic mass is 16.1. The topological polar surface area (TPSA) is 72.7 Å². The molecule has 1 aromatic carbocycles. The number of rotatable bonds is 4. The normalized spacial score (nSPS) is 17.1. The number of piperidine rings is 1. The molecular formula is C14H20N4O. The van der Waals surface area contributed by atoms with Gasteiger partial charge in [-0.15, -0.1) is 0 Å². The first-order valence-corrected chi connectivity index (χ1v) is 6.96. The van der Waals surface area contributed by atoms with E-state index in [-0.39, 0.29) is 5.69 Å². The van der Waals surface area contributed by atoms with E-state index in [0.29, 0.717) is 6.04 Å². The fraction of sp³-hybridized carbons (Fsp3) is 0.500. The fourth-order valence-corrected chi connectivity index (χ4v) is 2.68. The highest BCUT2D eigenvalue weighted by Crippen LogP contribution is 2.10. The molecule has 1 aliphatic heterocycles. The molecule has 1 aliphatic rings. The van der Waals surface area contributed by atoms with E-state index in [0.717, 1.165) is 37.1 Å². The van der Waals surface area contributed by atoms with E-state index in [1.165, 1.54) is 18.4 Å². The molecule has 1 aromatic heterocycles. The van der Waals surface area contributed by atoms with E-state index >= 15 is 0 Å². The molecule has 0 saturated carbocycles. The van der Waals surface area contributed by atoms with Crippen molar-refractivity contribution < 1.29 is 0 Å². The van der Waals surface area contributed by atoms with Gasteiger partial charge in [0.05, 0.1) is 11.0 Å². The molecule has 102 valence electrons. The van der Waals surface area contributed by atoms with E-state index in [1.807, 2.05) is 6.07 Å². The zero-order chi connectivity index (χ0) is 13.1. The van der Waals surface area contributed by atoms with Gasteiger partial charge in [0.25, 0.3) is 0 Å². The summed E-state index contributed by atoms with van der Waals surface area (Å²) in [5, 5.41) is 6.97. The predicted molar refractivity (Wildman–Crippen MR) is 76.5 cm³/mol. The van der Waals surface area contributed by atoms with Crippen molar-refractivity contribution in [3.05, 3.63) is 34.2 Å². The van der Waals surface area contributed by atoms with Crippen LogP contribution >= 0.6 is 0 Å². The minimum Gasteiger partial charge on any atom is -0.317 e. The number of aromatic nitrogens is 2. The van der Waals surface area contributed by atoms with Crippen molar-refractivity contribution >= 4 is 11.0 Å². The summed E-state index contributed by atoms with van der Waals surface area (Å²) < 4.78 is 0. The third-order valence-corrected chi connectivity index (χ3v) is 3.77. The molecule has 0 atom stereocenters. The number of fused-ring (bicyclic) bond motifs is 1. The lowest BCUT2D eigenvalue weighted by atomic mass is 10.1. The molecule has 1 fully saturated rings. The first kappa shape index (κ1) is 12.4. The monoisotopic (exact) mass is 260 g/mol. The number of benzene rings is 1. The Kier molecular flexibility index (Phi) is 3.66. The van der Waals surface area contributed by atoms with Crippen LogP contribution in [0.4, 0.5) is 0 Å². The molecule has 4 N–H and O–H groups in total. The van der Waals surface area contributed by atoms with Crippen LogP contribution in [-0.2, 0) is 6.42 Å². The van der Waals surface area contributed by atoms with Gasteiger partial charge >= 0.3 is 5.69 Å². The van der Waals surface area contributed by atoms with Gasteiger partial charge in [0.1, 0.15) is 0 Å². The number of H-pyrrole nitrogens is 2. The minimum atomic E-state index is -0.139. The standard InChI is InChI=1S/C14H20N4O/c19-14-17-12-2-1-10(9-13(12)18-14)3-8-16-11-4-6-15-7-5-11/h1-2,9,11,15-16H,3-8H2,(H2,17,18,19). The maximum atomic E-state index is 11.2. The van der Waals surface area contributed by atoms with Gasteiger partial charge in [-0.1, -0.05) is 6.07 Å². The van der Waals surface area contributed by atoms with E-state index in [9.17, 15) is 4.79 Å². The number of hydrogen-bond donors (Lipinski definition) is 4. The average Bonchev–Trinajstić information content (AvgIpc) is 2.79. The van der Waals surface area contributed by atoms with Crippen LogP contribution in [0.25, 0.3) is 11.0 Å². The Labute approximate surface area is 111 Å². The third kappa shape index (κ3) is 3.05. The second-order valence-corrected chi connectivity index (χ2v) is 5.19. The highest BCUT2D eigenvalue weighted by molar-refractivity contribution is 5.74. The molecule has 2 heterocycles. The van der Waals surface area contributed by atoms with Gasteiger partial charge in [-0.3, -0.25) is 0 Å². The molecule has 3 rings (SSSR count). The number of aromatic amines is 2. The quantitative estimate of drug-likeness (QED) is 0.655. The number of hydrogen-bond acceptors (Lipinski definition) is 3. The van der Waals surface area contributed by atoms with E-state index < -0.39 is 0 Å². The average molecular weight is 260 g/mol. The van der Waals surface area contributed by atoms with Crippen LogP contribution in [0.15, 0.2) is 23.0 Å². The molecule has 5 heteroatoms. The Bertz CT molecular complexity index is 595. The summed E-state index contributed by atoms with van der Waals surface area (Å²) in [5.41, 5.74) is 2.88. The molecule has 5 nitrogen and oxygen atoms in total. The van der Waals surface area contributed by atoms with E-state index in [4.69, 9.17) is 0 Å². The smallest absolute Gasteiger partial charge is 0.317 e. The van der Waals surface area contributed by atoms with Crippen molar-refractivity contribution in [3.63, 3.8) is 0 Å². The SMILES string of the molecule is O=c1[nH]c2ccc(CCNC3CCNCC3)cc2[nH]1. The lowest BCUT2D eigenvalue weighted by molar-refractivity contribution is 0.390. The lowest BCUT2D eigenvalue weighted by Crippen LogP contribution is -2.40. The van der Waals surface area contributed by atoms with Crippen molar-refractivity contribution in [3.8, 4) is 0 Å². The van der Waals surface area contributed by atoms with Crippen LogP contribution in [0.5, 0.6) is 0 Å². The molecule has 0 amide bonds. The van der Waals surface area contributed by atoms with Crippen molar-refractivity contribution in [1.82, 2.24) is 20.6 Å². The van der Waals surface area contributed by atoms with Crippen molar-refractivity contribution in [2.45, 2.75) is 25.3 Å². The summed E-state index contributed by atoms with van der Waals surface area (Å²) in [6.07, 6.45) is 3.42. The molecule has 19 heavy (non-hydrogen) atoms. The molecule has 0 aliphatic carbocycles. The summed E-state index contributed by atoms with van der Waals surface area (Å²) in [6, 6.07) is 6.75. The summed E-state index contributed by atoms with van der Waals surface area (Å²) in [5.74, 6) is 0. The van der Waals surface area contributed by atoms with Crippen LogP contribution < -0.4 is 16.3 Å². The van der Waals surface area contributed by atoms with Crippen LogP contribution in [-0.4, -0.2) is 35.6 Å². The van der Waals surface area contributed by atoms with Crippen LogP contribution in [0.2, 0.25) is 0 Å². The second-order valence-electron chi connectivity index (χ2n) is 5.19. The summed E-state index contributed by atoms with van der Waals surface area (Å²) >= 11 is 0. The maximum Gasteiger partial charge on any atom is 0.323 e. The van der Waals surface area contributed by atoms with Gasteiger partial charge in [-0.05, 0) is 56.6 Å². The Balaban J connectivity index is 1.57. The summed E-state index contributed by atoms with van der Waals surface area (Å²) in [4.78, 5) is 16.7. The molecule has 1 saturated heterocycles. The predicted octanol–water partition coefficient (Wildman–Crippen LogP) is 0.740. The van der Waals surface area contributed by atoms with Gasteiger partial charge in [0.15, 0.2) is 0 Å². The fourth-order valence-electron chi connectivity index (χ4n) is 2.68. The van der Waals surface area contributed by atoms with Crippen LogP contribution in [0, 0.1) is 0 Å². The van der Waals surface area contributed by atoms with Crippen molar-refractivity contribution in [2.24, 2.45) is 0 Å². The van der Waals surface area contributed by atoms with E-state index in [1.54, 1.807) is 0 Å². The third-order valence-electron chi connectivity index (χ3n) is 3.77. The first-order valence-electron chi connectivity index (χ1n) is 6.96. The van der Waals surface area contributed by atoms with E-state index in [2.05, 4.69) is 32.7 Å². The number of nitrogens with one attached hydrogen (secondary N) is 4. The highest BCUT2D eigenvalue weighted by Gasteiger charge is 2.11. The molecule has 0 spiro atoms. The number of imidazole rings is 1. The zero-order valence-electron chi connectivity index (χ0n) is 11.0. The molecule has 0 radical (unpaired) electrons. The lowest BCUT2D eigenvalue weighted by Gasteiger charge is -2.23. The minimum absolute atomic E-state index is 0.139. The van der Waals surface area contributed by atoms with Crippen LogP contribution in [0.3, 0.4) is 0 Å². The molecule has 2 aromatic rings. The van der Waals surface area contributed by atoms with Crippen molar-refractivity contribution in [2.75, 3.05) is 19.6 Å². The Morgan fingerprint density at radius 2 is 1.95 bits per heavy atom. The van der Waals surface area contributed by atoms with Crippen LogP contribution in [0.1, 0.15) is 18.4 Å². The van der Waals surface area contributed by atoms with Gasteiger partial charge < -0.3 is 20.6 Å². The Morgan fingerprint density at radius 3 is 2.79 bits per heavy atom.